The molecule has 0 rings (SSSR count). The molecular weight excluding hydrogens is 108 g/mol. The molecule has 0 spiro atoms. The van der Waals surface area contributed by atoms with Crippen LogP contribution in [0.1, 0.15) is 0 Å². The van der Waals surface area contributed by atoms with Crippen molar-refractivity contribution in [2.75, 3.05) is 6.61 Å². The van der Waals surface area contributed by atoms with Gasteiger partial charge in [0, 0.05) is 0 Å². The van der Waals surface area contributed by atoms with Crippen molar-refractivity contribution in [3.63, 3.8) is 0 Å². The summed E-state index contributed by atoms with van der Waals surface area (Å²) in [6.45, 7) is -0.343. The second-order valence-corrected chi connectivity index (χ2v) is 1.27. The Balaban J connectivity index is 3.35. The first-order valence-corrected chi connectivity index (χ1v) is 2.22. The Labute approximate surface area is 47.3 Å². The number of aliphatic hydroxyl groups excluding tert-OH is 2. The molecule has 0 saturated heterocycles. The number of hydrogen-bond donors (Lipinski definition) is 2. The standard InChI is InChI=1S/C5H8O3/c6-3-1-2-5(8)4-7/h1-3,5,7-8H,4H2/b2-1+/t5-/m0/s1. The number of hydrogen-bond acceptors (Lipinski definition) is 3. The van der Waals surface area contributed by atoms with Crippen LogP contribution in [0.4, 0.5) is 0 Å². The smallest absolute Gasteiger partial charge is 0.142 e. The van der Waals surface area contributed by atoms with Crippen LogP contribution in [0.2, 0.25) is 0 Å². The van der Waals surface area contributed by atoms with Gasteiger partial charge in [0.2, 0.25) is 0 Å². The molecule has 0 radical (unpaired) electrons. The Kier molecular flexibility index (Phi) is 4.11. The summed E-state index contributed by atoms with van der Waals surface area (Å²) in [6.07, 6.45) is 1.99. The van der Waals surface area contributed by atoms with Gasteiger partial charge in [0.1, 0.15) is 6.29 Å². The van der Waals surface area contributed by atoms with E-state index >= 15 is 0 Å². The number of carbonyl (C=O) groups is 1. The molecule has 0 aliphatic rings. The third kappa shape index (κ3) is 3.52. The van der Waals surface area contributed by atoms with E-state index < -0.39 is 6.10 Å². The molecule has 0 aliphatic heterocycles. The Hall–Kier alpha value is -0.670. The molecule has 46 valence electrons. The van der Waals surface area contributed by atoms with Crippen molar-refractivity contribution in [1.29, 1.82) is 0 Å². The highest BCUT2D eigenvalue weighted by molar-refractivity contribution is 5.64. The first kappa shape index (κ1) is 7.33. The second kappa shape index (κ2) is 4.49. The van der Waals surface area contributed by atoms with Gasteiger partial charge in [-0.15, -0.1) is 0 Å². The van der Waals surface area contributed by atoms with Crippen LogP contribution in [0.5, 0.6) is 0 Å². The van der Waals surface area contributed by atoms with E-state index in [4.69, 9.17) is 10.2 Å². The van der Waals surface area contributed by atoms with Crippen molar-refractivity contribution in [2.24, 2.45) is 0 Å². The van der Waals surface area contributed by atoms with E-state index in [0.29, 0.717) is 6.29 Å². The maximum Gasteiger partial charge on any atom is 0.142 e. The predicted molar refractivity (Wildman–Crippen MR) is 28.3 cm³/mol. The highest BCUT2D eigenvalue weighted by Gasteiger charge is 1.90. The van der Waals surface area contributed by atoms with E-state index in [1.54, 1.807) is 0 Å². The zero-order valence-corrected chi connectivity index (χ0v) is 4.32. The lowest BCUT2D eigenvalue weighted by atomic mass is 10.3. The van der Waals surface area contributed by atoms with Crippen molar-refractivity contribution < 1.29 is 15.0 Å². The van der Waals surface area contributed by atoms with Crippen LogP contribution in [0.15, 0.2) is 12.2 Å². The summed E-state index contributed by atoms with van der Waals surface area (Å²) >= 11 is 0. The molecule has 0 heterocycles. The minimum absolute atomic E-state index is 0.343. The van der Waals surface area contributed by atoms with Crippen molar-refractivity contribution in [1.82, 2.24) is 0 Å². The van der Waals surface area contributed by atoms with Gasteiger partial charge in [-0.05, 0) is 6.08 Å². The quantitative estimate of drug-likeness (QED) is 0.371. The van der Waals surface area contributed by atoms with Gasteiger partial charge < -0.3 is 10.2 Å². The Bertz CT molecular complexity index is 87.7. The first-order valence-electron chi connectivity index (χ1n) is 2.22. The molecule has 0 fully saturated rings. The molecular formula is C5H8O3. The number of aldehydes is 1. The number of allylic oxidation sites excluding steroid dienone is 1. The average Bonchev–Trinajstić information content (AvgIpc) is 1.83. The van der Waals surface area contributed by atoms with Crippen LogP contribution >= 0.6 is 0 Å². The third-order valence-electron chi connectivity index (χ3n) is 0.599. The van der Waals surface area contributed by atoms with E-state index in [1.165, 1.54) is 6.08 Å². The SMILES string of the molecule is O=C/C=C/[C@H](O)CO. The highest BCUT2D eigenvalue weighted by Crippen LogP contribution is 1.79. The van der Waals surface area contributed by atoms with Gasteiger partial charge in [-0.2, -0.15) is 0 Å². The molecule has 0 aromatic carbocycles. The molecule has 0 bridgehead atoms. The van der Waals surface area contributed by atoms with Crippen LogP contribution in [0, 0.1) is 0 Å². The van der Waals surface area contributed by atoms with Crippen molar-refractivity contribution in [3.8, 4) is 0 Å². The minimum Gasteiger partial charge on any atom is -0.393 e. The van der Waals surface area contributed by atoms with Gasteiger partial charge in [-0.3, -0.25) is 4.79 Å². The normalized spacial score (nSPS) is 14.2. The highest BCUT2D eigenvalue weighted by atomic mass is 16.3. The van der Waals surface area contributed by atoms with E-state index in [2.05, 4.69) is 0 Å². The number of rotatable bonds is 3. The molecule has 0 saturated carbocycles. The van der Waals surface area contributed by atoms with Gasteiger partial charge >= 0.3 is 0 Å². The maximum atomic E-state index is 9.55. The second-order valence-electron chi connectivity index (χ2n) is 1.27. The zero-order chi connectivity index (χ0) is 6.41. The average molecular weight is 116 g/mol. The molecule has 3 nitrogen and oxygen atoms in total. The fraction of sp³-hybridized carbons (Fsp3) is 0.400. The van der Waals surface area contributed by atoms with E-state index in [9.17, 15) is 4.79 Å². The first-order chi connectivity index (χ1) is 3.81. The van der Waals surface area contributed by atoms with Crippen LogP contribution < -0.4 is 0 Å². The Morgan fingerprint density at radius 1 is 1.62 bits per heavy atom. The molecule has 0 aliphatic carbocycles. The largest absolute Gasteiger partial charge is 0.393 e. The Morgan fingerprint density at radius 2 is 2.25 bits per heavy atom. The van der Waals surface area contributed by atoms with Gasteiger partial charge in [-0.25, -0.2) is 0 Å². The van der Waals surface area contributed by atoms with Gasteiger partial charge in [0.25, 0.3) is 0 Å². The van der Waals surface area contributed by atoms with Crippen LogP contribution in [-0.2, 0) is 4.79 Å². The Morgan fingerprint density at radius 3 is 2.62 bits per heavy atom. The van der Waals surface area contributed by atoms with Crippen molar-refractivity contribution in [2.45, 2.75) is 6.10 Å². The summed E-state index contributed by atoms with van der Waals surface area (Å²) in [5.74, 6) is 0. The number of aliphatic hydroxyl groups is 2. The van der Waals surface area contributed by atoms with E-state index in [1.807, 2.05) is 0 Å². The van der Waals surface area contributed by atoms with Crippen LogP contribution in [0.3, 0.4) is 0 Å². The van der Waals surface area contributed by atoms with Crippen molar-refractivity contribution in [3.05, 3.63) is 12.2 Å². The molecule has 0 aromatic rings. The fourth-order valence-corrected chi connectivity index (χ4v) is 0.234. The van der Waals surface area contributed by atoms with E-state index in [0.717, 1.165) is 6.08 Å². The summed E-state index contributed by atoms with van der Waals surface area (Å²) in [4.78, 5) is 9.55. The van der Waals surface area contributed by atoms with Crippen molar-refractivity contribution >= 4 is 6.29 Å². The summed E-state index contributed by atoms with van der Waals surface area (Å²) in [5, 5.41) is 16.6. The minimum atomic E-state index is -0.903. The molecule has 1 atom stereocenters. The third-order valence-corrected chi connectivity index (χ3v) is 0.599. The lowest BCUT2D eigenvalue weighted by molar-refractivity contribution is -0.104. The van der Waals surface area contributed by atoms with Gasteiger partial charge in [0.15, 0.2) is 0 Å². The van der Waals surface area contributed by atoms with E-state index in [-0.39, 0.29) is 6.61 Å². The molecule has 0 amide bonds. The lowest BCUT2D eigenvalue weighted by Gasteiger charge is -1.94. The summed E-state index contributed by atoms with van der Waals surface area (Å²) < 4.78 is 0. The zero-order valence-electron chi connectivity index (χ0n) is 4.32. The van der Waals surface area contributed by atoms with Gasteiger partial charge in [0.05, 0.1) is 12.7 Å². The molecule has 0 aromatic heterocycles. The summed E-state index contributed by atoms with van der Waals surface area (Å²) in [6, 6.07) is 0. The molecule has 2 N–H and O–H groups in total. The monoisotopic (exact) mass is 116 g/mol. The predicted octanol–water partition coefficient (Wildman–Crippen LogP) is -0.905. The van der Waals surface area contributed by atoms with Crippen LogP contribution in [-0.4, -0.2) is 29.2 Å². The summed E-state index contributed by atoms with van der Waals surface area (Å²) in [7, 11) is 0. The number of carbonyl (C=O) groups excluding carboxylic acids is 1. The van der Waals surface area contributed by atoms with Crippen LogP contribution in [0.25, 0.3) is 0 Å². The molecule has 3 heteroatoms. The fourth-order valence-electron chi connectivity index (χ4n) is 0.234. The lowest BCUT2D eigenvalue weighted by Crippen LogP contribution is -2.06. The molecule has 0 unspecified atom stereocenters. The summed E-state index contributed by atoms with van der Waals surface area (Å²) in [5.41, 5.74) is 0. The maximum absolute atomic E-state index is 9.55. The molecule has 8 heavy (non-hydrogen) atoms. The van der Waals surface area contributed by atoms with Gasteiger partial charge in [-0.1, -0.05) is 6.08 Å². The topological polar surface area (TPSA) is 57.5 Å².